The third-order valence-electron chi connectivity index (χ3n) is 5.20. The van der Waals surface area contributed by atoms with Gasteiger partial charge in [-0.15, -0.1) is 12.4 Å². The van der Waals surface area contributed by atoms with Crippen LogP contribution >= 0.6 is 35.0 Å². The van der Waals surface area contributed by atoms with E-state index >= 15 is 0 Å². The average molecular weight is 435 g/mol. The van der Waals surface area contributed by atoms with Crippen molar-refractivity contribution in [2.75, 3.05) is 26.2 Å². The lowest BCUT2D eigenvalue weighted by atomic mass is 9.71. The fraction of sp³-hybridized carbons (Fsp3) is 0.588. The first kappa shape index (κ1) is 18.0. The van der Waals surface area contributed by atoms with Gasteiger partial charge in [-0.1, -0.05) is 12.1 Å². The third-order valence-corrected chi connectivity index (χ3v) is 6.63. The minimum Gasteiger partial charge on any atom is -0.339 e. The number of piperidine rings is 2. The standard InChI is InChI=1S/C17H23IN2O.ClH/c1-13-3-2-4-14(15(13)18)16(21)20-11-7-17(8-12-20)5-9-19-10-6-17;/h2-4,19H,5-12H2,1H3;1H. The van der Waals surface area contributed by atoms with Crippen LogP contribution in [0.5, 0.6) is 0 Å². The number of aryl methyl sites for hydroxylation is 1. The van der Waals surface area contributed by atoms with Crippen molar-refractivity contribution in [3.63, 3.8) is 0 Å². The molecule has 5 heteroatoms. The van der Waals surface area contributed by atoms with Crippen LogP contribution in [0.4, 0.5) is 0 Å². The number of likely N-dealkylation sites (tertiary alicyclic amines) is 1. The van der Waals surface area contributed by atoms with Crippen molar-refractivity contribution in [2.45, 2.75) is 32.6 Å². The fourth-order valence-corrected chi connectivity index (χ4v) is 4.21. The van der Waals surface area contributed by atoms with Gasteiger partial charge in [0.2, 0.25) is 0 Å². The lowest BCUT2D eigenvalue weighted by Crippen LogP contribution is -2.47. The SMILES string of the molecule is Cc1cccc(C(=O)N2CCC3(CCNCC3)CC2)c1I.Cl. The van der Waals surface area contributed by atoms with E-state index in [1.165, 1.54) is 31.2 Å². The first-order chi connectivity index (χ1) is 10.1. The Morgan fingerprint density at radius 3 is 2.45 bits per heavy atom. The molecule has 3 nitrogen and oxygen atoms in total. The van der Waals surface area contributed by atoms with Crippen molar-refractivity contribution in [2.24, 2.45) is 5.41 Å². The highest BCUT2D eigenvalue weighted by Gasteiger charge is 2.37. The molecule has 22 heavy (non-hydrogen) atoms. The summed E-state index contributed by atoms with van der Waals surface area (Å²) in [4.78, 5) is 14.8. The quantitative estimate of drug-likeness (QED) is 0.685. The Hall–Kier alpha value is -0.330. The second-order valence-corrected chi connectivity index (χ2v) is 7.56. The molecule has 1 aromatic carbocycles. The van der Waals surface area contributed by atoms with Gasteiger partial charge in [0.1, 0.15) is 0 Å². The van der Waals surface area contributed by atoms with E-state index in [0.717, 1.165) is 35.3 Å². The Kier molecular flexibility index (Phi) is 6.14. The topological polar surface area (TPSA) is 32.3 Å². The second kappa shape index (κ2) is 7.49. The average Bonchev–Trinajstić information content (AvgIpc) is 2.51. The number of benzene rings is 1. The van der Waals surface area contributed by atoms with Gasteiger partial charge in [-0.05, 0) is 85.3 Å². The first-order valence-corrected chi connectivity index (χ1v) is 8.94. The maximum Gasteiger partial charge on any atom is 0.254 e. The molecule has 0 bridgehead atoms. The van der Waals surface area contributed by atoms with Gasteiger partial charge in [-0.25, -0.2) is 0 Å². The van der Waals surface area contributed by atoms with Gasteiger partial charge in [-0.2, -0.15) is 0 Å². The van der Waals surface area contributed by atoms with E-state index in [4.69, 9.17) is 0 Å². The summed E-state index contributed by atoms with van der Waals surface area (Å²) in [6.07, 6.45) is 4.89. The highest BCUT2D eigenvalue weighted by molar-refractivity contribution is 14.1. The molecular weight excluding hydrogens is 411 g/mol. The molecule has 0 radical (unpaired) electrons. The summed E-state index contributed by atoms with van der Waals surface area (Å²) in [5, 5.41) is 3.45. The van der Waals surface area contributed by atoms with E-state index in [0.29, 0.717) is 5.41 Å². The summed E-state index contributed by atoms with van der Waals surface area (Å²) in [6, 6.07) is 6.02. The Bertz CT molecular complexity index is 533. The zero-order valence-corrected chi connectivity index (χ0v) is 16.0. The highest BCUT2D eigenvalue weighted by Crippen LogP contribution is 2.39. The van der Waals surface area contributed by atoms with Crippen LogP contribution in [0.2, 0.25) is 0 Å². The molecule has 3 rings (SSSR count). The number of hydrogen-bond donors (Lipinski definition) is 1. The van der Waals surface area contributed by atoms with Crippen LogP contribution in [0, 0.1) is 15.9 Å². The maximum atomic E-state index is 12.8. The van der Waals surface area contributed by atoms with Gasteiger partial charge in [0.25, 0.3) is 5.91 Å². The normalized spacial score (nSPS) is 20.5. The van der Waals surface area contributed by atoms with E-state index in [9.17, 15) is 4.79 Å². The van der Waals surface area contributed by atoms with Gasteiger partial charge in [0.05, 0.1) is 5.56 Å². The zero-order chi connectivity index (χ0) is 14.9. The largest absolute Gasteiger partial charge is 0.339 e. The Morgan fingerprint density at radius 1 is 1.18 bits per heavy atom. The zero-order valence-electron chi connectivity index (χ0n) is 13.0. The number of carbonyl (C=O) groups excluding carboxylic acids is 1. The highest BCUT2D eigenvalue weighted by atomic mass is 127. The van der Waals surface area contributed by atoms with Crippen LogP contribution in [-0.2, 0) is 0 Å². The van der Waals surface area contributed by atoms with Crippen molar-refractivity contribution in [1.82, 2.24) is 10.2 Å². The molecule has 0 unspecified atom stereocenters. The van der Waals surface area contributed by atoms with Gasteiger partial charge in [-0.3, -0.25) is 4.79 Å². The van der Waals surface area contributed by atoms with Gasteiger partial charge >= 0.3 is 0 Å². The molecule has 2 heterocycles. The summed E-state index contributed by atoms with van der Waals surface area (Å²) in [6.45, 7) is 6.19. The van der Waals surface area contributed by atoms with Crippen molar-refractivity contribution < 1.29 is 4.79 Å². The van der Waals surface area contributed by atoms with Crippen LogP contribution < -0.4 is 5.32 Å². The predicted molar refractivity (Wildman–Crippen MR) is 101 cm³/mol. The molecule has 2 fully saturated rings. The van der Waals surface area contributed by atoms with Crippen molar-refractivity contribution >= 4 is 40.9 Å². The Labute approximate surface area is 152 Å². The summed E-state index contributed by atoms with van der Waals surface area (Å²) < 4.78 is 1.10. The number of hydrogen-bond acceptors (Lipinski definition) is 2. The molecule has 2 aliphatic heterocycles. The Morgan fingerprint density at radius 2 is 1.82 bits per heavy atom. The van der Waals surface area contributed by atoms with Crippen LogP contribution in [0.3, 0.4) is 0 Å². The summed E-state index contributed by atoms with van der Waals surface area (Å²) in [5.74, 6) is 0.215. The molecule has 0 atom stereocenters. The van der Waals surface area contributed by atoms with Gasteiger partial charge in [0.15, 0.2) is 0 Å². The summed E-state index contributed by atoms with van der Waals surface area (Å²) >= 11 is 2.30. The first-order valence-electron chi connectivity index (χ1n) is 7.86. The molecule has 2 saturated heterocycles. The van der Waals surface area contributed by atoms with Gasteiger partial charge in [0, 0.05) is 16.7 Å². The predicted octanol–water partition coefficient (Wildman–Crippen LogP) is 3.63. The molecule has 1 spiro atoms. The smallest absolute Gasteiger partial charge is 0.254 e. The number of nitrogens with zero attached hydrogens (tertiary/aromatic N) is 1. The van der Waals surface area contributed by atoms with Crippen molar-refractivity contribution in [3.05, 3.63) is 32.9 Å². The molecular formula is C17H24ClIN2O. The maximum absolute atomic E-state index is 12.8. The Balaban J connectivity index is 0.00000176. The number of nitrogens with one attached hydrogen (secondary N) is 1. The van der Waals surface area contributed by atoms with Crippen LogP contribution in [0.25, 0.3) is 0 Å². The third kappa shape index (κ3) is 3.60. The molecule has 1 amide bonds. The summed E-state index contributed by atoms with van der Waals surface area (Å²) in [7, 11) is 0. The molecule has 1 N–H and O–H groups in total. The van der Waals surface area contributed by atoms with Crippen LogP contribution in [-0.4, -0.2) is 37.0 Å². The number of rotatable bonds is 1. The lowest BCUT2D eigenvalue weighted by Gasteiger charge is -2.44. The minimum absolute atomic E-state index is 0. The molecule has 2 aliphatic rings. The molecule has 122 valence electrons. The number of carbonyl (C=O) groups is 1. The fourth-order valence-electron chi connectivity index (χ4n) is 3.62. The van der Waals surface area contributed by atoms with Crippen molar-refractivity contribution in [3.8, 4) is 0 Å². The summed E-state index contributed by atoms with van der Waals surface area (Å²) in [5.41, 5.74) is 2.56. The molecule has 0 aromatic heterocycles. The molecule has 0 aliphatic carbocycles. The van der Waals surface area contributed by atoms with E-state index in [-0.39, 0.29) is 18.3 Å². The lowest BCUT2D eigenvalue weighted by molar-refractivity contribution is 0.0495. The van der Waals surface area contributed by atoms with Crippen molar-refractivity contribution in [1.29, 1.82) is 0 Å². The van der Waals surface area contributed by atoms with Crippen LogP contribution in [0.1, 0.15) is 41.6 Å². The van der Waals surface area contributed by atoms with Gasteiger partial charge < -0.3 is 10.2 Å². The minimum atomic E-state index is 0. The monoisotopic (exact) mass is 434 g/mol. The van der Waals surface area contributed by atoms with E-state index < -0.39 is 0 Å². The number of amides is 1. The molecule has 0 saturated carbocycles. The number of halogens is 2. The molecule has 1 aromatic rings. The van der Waals surface area contributed by atoms with E-state index in [1.807, 2.05) is 12.1 Å². The second-order valence-electron chi connectivity index (χ2n) is 6.48. The van der Waals surface area contributed by atoms with E-state index in [2.05, 4.69) is 45.8 Å². The van der Waals surface area contributed by atoms with E-state index in [1.54, 1.807) is 0 Å². The van der Waals surface area contributed by atoms with Crippen LogP contribution in [0.15, 0.2) is 18.2 Å².